The highest BCUT2D eigenvalue weighted by Gasteiger charge is 2.44. The van der Waals surface area contributed by atoms with Crippen molar-refractivity contribution in [1.29, 1.82) is 0 Å². The Hall–Kier alpha value is -2.34. The molecular weight excluding hydrogens is 320 g/mol. The van der Waals surface area contributed by atoms with E-state index in [1.54, 1.807) is 9.58 Å². The number of carbonyl (C=O) groups is 1. The molecule has 0 aromatic carbocycles. The van der Waals surface area contributed by atoms with Crippen molar-refractivity contribution in [2.75, 3.05) is 20.1 Å². The molecule has 1 atom stereocenters. The van der Waals surface area contributed by atoms with Crippen molar-refractivity contribution in [3.8, 4) is 12.3 Å². The molecule has 1 aromatic heterocycles. The first-order chi connectivity index (χ1) is 12.0. The molecule has 0 saturated carbocycles. The summed E-state index contributed by atoms with van der Waals surface area (Å²) in [6, 6.07) is 0. The second kappa shape index (κ2) is 6.88. The van der Waals surface area contributed by atoms with Gasteiger partial charge >= 0.3 is 0 Å². The molecule has 134 valence electrons. The van der Waals surface area contributed by atoms with E-state index < -0.39 is 5.54 Å². The number of nitrogens with one attached hydrogen (secondary N) is 1. The van der Waals surface area contributed by atoms with Crippen LogP contribution in [0.15, 0.2) is 10.2 Å². The van der Waals surface area contributed by atoms with Crippen LogP contribution in [0.3, 0.4) is 0 Å². The summed E-state index contributed by atoms with van der Waals surface area (Å²) in [4.78, 5) is 13.7. The average Bonchev–Trinajstić information content (AvgIpc) is 3.20. The number of tetrazole rings is 1. The van der Waals surface area contributed by atoms with Gasteiger partial charge in [0.2, 0.25) is 5.91 Å². The van der Waals surface area contributed by atoms with Crippen LogP contribution in [0.1, 0.15) is 44.9 Å². The quantitative estimate of drug-likeness (QED) is 0.700. The van der Waals surface area contributed by atoms with E-state index in [1.165, 1.54) is 0 Å². The molecule has 1 fully saturated rings. The third-order valence-corrected chi connectivity index (χ3v) is 5.00. The van der Waals surface area contributed by atoms with E-state index in [0.717, 1.165) is 18.7 Å². The van der Waals surface area contributed by atoms with Gasteiger partial charge in [-0.15, -0.1) is 17.4 Å². The van der Waals surface area contributed by atoms with Gasteiger partial charge in [-0.2, -0.15) is 10.2 Å². The zero-order valence-electron chi connectivity index (χ0n) is 14.8. The Morgan fingerprint density at radius 2 is 2.16 bits per heavy atom. The molecule has 0 radical (unpaired) electrons. The minimum Gasteiger partial charge on any atom is -0.343 e. The van der Waals surface area contributed by atoms with Crippen LogP contribution in [-0.2, 0) is 16.9 Å². The van der Waals surface area contributed by atoms with Gasteiger partial charge in [0.25, 0.3) is 0 Å². The van der Waals surface area contributed by atoms with Gasteiger partial charge in [-0.1, -0.05) is 0 Å². The second-order valence-corrected chi connectivity index (χ2v) is 6.71. The standard InChI is InChI=1S/C16H24N8O/c1-4-6-8-16(19-20-16)10-11-17-15(9-7-13(25)23(3)12-15)14-18-21-22-24(14)5-2/h1,17H,5-12H2,2-3H3. The average molecular weight is 344 g/mol. The topological polar surface area (TPSA) is 101 Å². The van der Waals surface area contributed by atoms with Crippen LogP contribution < -0.4 is 5.32 Å². The van der Waals surface area contributed by atoms with Gasteiger partial charge in [-0.3, -0.25) is 4.79 Å². The molecule has 9 heteroatoms. The van der Waals surface area contributed by atoms with E-state index in [1.807, 2.05) is 14.0 Å². The Morgan fingerprint density at radius 3 is 2.80 bits per heavy atom. The number of likely N-dealkylation sites (N-methyl/N-ethyl adjacent to an activating group) is 1. The Labute approximate surface area is 147 Å². The summed E-state index contributed by atoms with van der Waals surface area (Å²) in [7, 11) is 1.82. The van der Waals surface area contributed by atoms with Crippen LogP contribution in [0.5, 0.6) is 0 Å². The number of aromatic nitrogens is 4. The molecule has 1 saturated heterocycles. The van der Waals surface area contributed by atoms with Crippen molar-refractivity contribution in [3.05, 3.63) is 5.82 Å². The van der Waals surface area contributed by atoms with Crippen LogP contribution in [0, 0.1) is 12.3 Å². The molecule has 1 unspecified atom stereocenters. The van der Waals surface area contributed by atoms with Crippen LogP contribution in [0.25, 0.3) is 0 Å². The Balaban J connectivity index is 1.72. The Morgan fingerprint density at radius 1 is 1.36 bits per heavy atom. The van der Waals surface area contributed by atoms with Crippen LogP contribution in [0.2, 0.25) is 0 Å². The minimum atomic E-state index is -0.454. The fourth-order valence-electron chi connectivity index (χ4n) is 3.42. The highest BCUT2D eigenvalue weighted by atomic mass is 16.2. The lowest BCUT2D eigenvalue weighted by Gasteiger charge is -2.41. The third kappa shape index (κ3) is 3.54. The second-order valence-electron chi connectivity index (χ2n) is 6.71. The molecule has 2 aliphatic heterocycles. The number of amides is 1. The number of aryl methyl sites for hydroxylation is 1. The maximum absolute atomic E-state index is 12.0. The van der Waals surface area contributed by atoms with Crippen molar-refractivity contribution in [1.82, 2.24) is 30.4 Å². The van der Waals surface area contributed by atoms with E-state index in [0.29, 0.717) is 38.9 Å². The molecule has 1 amide bonds. The SMILES string of the molecule is C#CCCC1(CCNC2(c3nnnn3CC)CCC(=O)N(C)C2)N=N1. The first-order valence-electron chi connectivity index (χ1n) is 8.67. The van der Waals surface area contributed by atoms with Crippen molar-refractivity contribution in [2.45, 2.75) is 56.8 Å². The summed E-state index contributed by atoms with van der Waals surface area (Å²) in [5, 5.41) is 24.1. The summed E-state index contributed by atoms with van der Waals surface area (Å²) in [5.41, 5.74) is -0.780. The summed E-state index contributed by atoms with van der Waals surface area (Å²) in [6.07, 6.45) is 8.71. The fraction of sp³-hybridized carbons (Fsp3) is 0.750. The first kappa shape index (κ1) is 17.5. The molecule has 1 N–H and O–H groups in total. The molecule has 3 rings (SSSR count). The summed E-state index contributed by atoms with van der Waals surface area (Å²) < 4.78 is 1.79. The molecule has 0 aliphatic carbocycles. The van der Waals surface area contributed by atoms with E-state index in [9.17, 15) is 4.79 Å². The molecule has 25 heavy (non-hydrogen) atoms. The molecule has 2 aliphatic rings. The zero-order valence-corrected chi connectivity index (χ0v) is 14.8. The predicted octanol–water partition coefficient (Wildman–Crippen LogP) is 0.696. The molecule has 3 heterocycles. The number of carbonyl (C=O) groups excluding carboxylic acids is 1. The zero-order chi connectivity index (χ0) is 17.9. The van der Waals surface area contributed by atoms with Gasteiger partial charge in [0, 0.05) is 52.4 Å². The lowest BCUT2D eigenvalue weighted by atomic mass is 9.87. The van der Waals surface area contributed by atoms with Crippen molar-refractivity contribution >= 4 is 5.91 Å². The lowest BCUT2D eigenvalue weighted by Crippen LogP contribution is -2.57. The Kier molecular flexibility index (Phi) is 4.81. The number of piperidine rings is 1. The van der Waals surface area contributed by atoms with Crippen molar-refractivity contribution in [3.63, 3.8) is 0 Å². The van der Waals surface area contributed by atoms with Gasteiger partial charge in [-0.25, -0.2) is 4.68 Å². The smallest absolute Gasteiger partial charge is 0.222 e. The number of hydrogen-bond donors (Lipinski definition) is 1. The first-order valence-corrected chi connectivity index (χ1v) is 8.67. The summed E-state index contributed by atoms with van der Waals surface area (Å²) in [5.74, 6) is 3.56. The molecule has 9 nitrogen and oxygen atoms in total. The van der Waals surface area contributed by atoms with Gasteiger partial charge in [0.05, 0.1) is 5.54 Å². The maximum Gasteiger partial charge on any atom is 0.222 e. The molecule has 0 spiro atoms. The van der Waals surface area contributed by atoms with Gasteiger partial charge in [0.1, 0.15) is 0 Å². The maximum atomic E-state index is 12.0. The third-order valence-electron chi connectivity index (χ3n) is 5.00. The number of likely N-dealkylation sites (tertiary alicyclic amines) is 1. The predicted molar refractivity (Wildman–Crippen MR) is 90.3 cm³/mol. The van der Waals surface area contributed by atoms with Crippen LogP contribution in [-0.4, -0.2) is 56.8 Å². The van der Waals surface area contributed by atoms with Gasteiger partial charge in [0.15, 0.2) is 11.5 Å². The van der Waals surface area contributed by atoms with Crippen molar-refractivity contribution < 1.29 is 4.79 Å². The van der Waals surface area contributed by atoms with Crippen molar-refractivity contribution in [2.24, 2.45) is 10.2 Å². The highest BCUT2D eigenvalue weighted by Crippen LogP contribution is 2.37. The van der Waals surface area contributed by atoms with E-state index >= 15 is 0 Å². The fourth-order valence-corrected chi connectivity index (χ4v) is 3.42. The van der Waals surface area contributed by atoms with Crippen LogP contribution >= 0.6 is 0 Å². The van der Waals surface area contributed by atoms with Gasteiger partial charge in [-0.05, 0) is 23.8 Å². The molecule has 1 aromatic rings. The highest BCUT2D eigenvalue weighted by molar-refractivity contribution is 5.77. The number of rotatable bonds is 8. The molecular formula is C16H24N8O. The Bertz CT molecular complexity index is 699. The number of nitrogens with zero attached hydrogens (tertiary/aromatic N) is 7. The summed E-state index contributed by atoms with van der Waals surface area (Å²) in [6.45, 7) is 3.93. The van der Waals surface area contributed by atoms with E-state index in [2.05, 4.69) is 37.0 Å². The molecule has 0 bridgehead atoms. The van der Waals surface area contributed by atoms with Gasteiger partial charge < -0.3 is 10.2 Å². The number of terminal acetylenes is 1. The minimum absolute atomic E-state index is 0.144. The number of hydrogen-bond acceptors (Lipinski definition) is 7. The van der Waals surface area contributed by atoms with Crippen LogP contribution in [0.4, 0.5) is 0 Å². The largest absolute Gasteiger partial charge is 0.343 e. The monoisotopic (exact) mass is 344 g/mol. The van der Waals surface area contributed by atoms with E-state index in [-0.39, 0.29) is 11.6 Å². The normalized spacial score (nSPS) is 24.4. The lowest BCUT2D eigenvalue weighted by molar-refractivity contribution is -0.134. The van der Waals surface area contributed by atoms with E-state index in [4.69, 9.17) is 6.42 Å². The summed E-state index contributed by atoms with van der Waals surface area (Å²) >= 11 is 0.